The van der Waals surface area contributed by atoms with Crippen molar-refractivity contribution in [3.8, 4) is 44.5 Å². The van der Waals surface area contributed by atoms with Crippen molar-refractivity contribution in [3.63, 3.8) is 0 Å². The van der Waals surface area contributed by atoms with Gasteiger partial charge in [-0.2, -0.15) is 0 Å². The molecular formula is C54H37BN2. The molecule has 0 saturated heterocycles. The van der Waals surface area contributed by atoms with Crippen molar-refractivity contribution in [2.75, 3.05) is 9.80 Å². The predicted molar refractivity (Wildman–Crippen MR) is 242 cm³/mol. The van der Waals surface area contributed by atoms with Gasteiger partial charge in [0.1, 0.15) is 0 Å². The average Bonchev–Trinajstić information content (AvgIpc) is 3.30. The first kappa shape index (κ1) is 33.0. The second-order valence-electron chi connectivity index (χ2n) is 14.9. The zero-order chi connectivity index (χ0) is 37.7. The Morgan fingerprint density at radius 2 is 0.649 bits per heavy atom. The molecule has 2 nitrogen and oxygen atoms in total. The Labute approximate surface area is 334 Å². The molecule has 0 N–H and O–H groups in total. The molecule has 0 unspecified atom stereocenters. The summed E-state index contributed by atoms with van der Waals surface area (Å²) in [5.41, 5.74) is 20.7. The SMILES string of the molecule is c1ccc(-c2ccc(N3c4ccccc4B4c5cc(-c6ccccc6)c(-c6ccccc6)cc5N(c5ccc(-c6ccccc6)cc5)c5cccc3c54)cc2)cc1. The molecule has 2 aliphatic heterocycles. The van der Waals surface area contributed by atoms with Crippen LogP contribution in [0.5, 0.6) is 0 Å². The topological polar surface area (TPSA) is 6.48 Å². The van der Waals surface area contributed by atoms with Crippen molar-refractivity contribution in [2.45, 2.75) is 0 Å². The van der Waals surface area contributed by atoms with E-state index in [2.05, 4.69) is 234 Å². The van der Waals surface area contributed by atoms with E-state index < -0.39 is 0 Å². The van der Waals surface area contributed by atoms with Crippen molar-refractivity contribution in [3.05, 3.63) is 224 Å². The summed E-state index contributed by atoms with van der Waals surface area (Å²) in [6.07, 6.45) is 0. The zero-order valence-corrected chi connectivity index (χ0v) is 31.3. The van der Waals surface area contributed by atoms with Gasteiger partial charge in [-0.05, 0) is 109 Å². The number of hydrogen-bond acceptors (Lipinski definition) is 2. The van der Waals surface area contributed by atoms with Crippen LogP contribution >= 0.6 is 0 Å². The molecule has 11 rings (SSSR count). The summed E-state index contributed by atoms with van der Waals surface area (Å²) in [4.78, 5) is 4.98. The Morgan fingerprint density at radius 3 is 1.16 bits per heavy atom. The van der Waals surface area contributed by atoms with Crippen LogP contribution < -0.4 is 26.2 Å². The quantitative estimate of drug-likeness (QED) is 0.158. The van der Waals surface area contributed by atoms with Crippen LogP contribution in [-0.2, 0) is 0 Å². The lowest BCUT2D eigenvalue weighted by Crippen LogP contribution is -2.61. The molecule has 0 amide bonds. The van der Waals surface area contributed by atoms with Crippen molar-refractivity contribution in [2.24, 2.45) is 0 Å². The number of hydrogen-bond donors (Lipinski definition) is 0. The van der Waals surface area contributed by atoms with Crippen LogP contribution in [0.2, 0.25) is 0 Å². The normalized spacial score (nSPS) is 12.5. The third kappa shape index (κ3) is 5.59. The van der Waals surface area contributed by atoms with Crippen molar-refractivity contribution in [1.82, 2.24) is 0 Å². The maximum Gasteiger partial charge on any atom is 0.252 e. The Hall–Kier alpha value is -7.36. The molecular weight excluding hydrogens is 687 g/mol. The maximum absolute atomic E-state index is 2.51. The molecule has 9 aromatic rings. The molecule has 0 atom stereocenters. The minimum atomic E-state index is 0.0226. The van der Waals surface area contributed by atoms with Crippen molar-refractivity contribution < 1.29 is 0 Å². The largest absolute Gasteiger partial charge is 0.311 e. The summed E-state index contributed by atoms with van der Waals surface area (Å²) < 4.78 is 0. The number of para-hydroxylation sites is 1. The smallest absolute Gasteiger partial charge is 0.252 e. The van der Waals surface area contributed by atoms with Crippen molar-refractivity contribution >= 4 is 57.2 Å². The summed E-state index contributed by atoms with van der Waals surface area (Å²) in [5, 5.41) is 0. The van der Waals surface area contributed by atoms with E-state index in [1.807, 2.05) is 0 Å². The molecule has 0 fully saturated rings. The minimum absolute atomic E-state index is 0.0226. The van der Waals surface area contributed by atoms with Gasteiger partial charge in [-0.15, -0.1) is 0 Å². The Balaban J connectivity index is 1.16. The lowest BCUT2D eigenvalue weighted by atomic mass is 9.33. The lowest BCUT2D eigenvalue weighted by molar-refractivity contribution is 1.25. The van der Waals surface area contributed by atoms with E-state index in [1.54, 1.807) is 0 Å². The fraction of sp³-hybridized carbons (Fsp3) is 0. The summed E-state index contributed by atoms with van der Waals surface area (Å²) in [5.74, 6) is 0. The Morgan fingerprint density at radius 1 is 0.263 bits per heavy atom. The number of benzene rings is 9. The van der Waals surface area contributed by atoms with Gasteiger partial charge < -0.3 is 9.80 Å². The minimum Gasteiger partial charge on any atom is -0.311 e. The second-order valence-corrected chi connectivity index (χ2v) is 14.9. The van der Waals surface area contributed by atoms with Crippen LogP contribution in [0.4, 0.5) is 34.1 Å². The van der Waals surface area contributed by atoms with Crippen molar-refractivity contribution in [1.29, 1.82) is 0 Å². The summed E-state index contributed by atoms with van der Waals surface area (Å²) in [6, 6.07) is 82.0. The maximum atomic E-state index is 2.51. The zero-order valence-electron chi connectivity index (χ0n) is 31.3. The molecule has 0 spiro atoms. The molecule has 0 radical (unpaired) electrons. The van der Waals surface area contributed by atoms with Crippen LogP contribution in [-0.4, -0.2) is 6.71 Å². The van der Waals surface area contributed by atoms with Crippen LogP contribution in [0.1, 0.15) is 0 Å². The number of nitrogens with zero attached hydrogens (tertiary/aromatic N) is 2. The van der Waals surface area contributed by atoms with Crippen LogP contribution in [0.25, 0.3) is 44.5 Å². The van der Waals surface area contributed by atoms with Gasteiger partial charge >= 0.3 is 0 Å². The summed E-state index contributed by atoms with van der Waals surface area (Å²) in [6.45, 7) is 0.0226. The summed E-state index contributed by atoms with van der Waals surface area (Å²) >= 11 is 0. The molecule has 57 heavy (non-hydrogen) atoms. The molecule has 266 valence electrons. The standard InChI is InChI=1S/C54H37BN2/c1-5-16-38(17-6-1)40-28-32-44(33-29-40)56-50-25-14-13-24-48(50)55-49-36-46(42-20-9-3-10-21-42)47(43-22-11-4-12-23-43)37-53(49)57(52-27-15-26-51(56)54(52)55)45-34-30-41(31-35-45)39-18-7-2-8-19-39/h1-37H. The fourth-order valence-electron chi connectivity index (χ4n) is 9.07. The first-order valence-corrected chi connectivity index (χ1v) is 19.7. The molecule has 0 saturated carbocycles. The first-order valence-electron chi connectivity index (χ1n) is 19.7. The first-order chi connectivity index (χ1) is 28.3. The van der Waals surface area contributed by atoms with E-state index in [1.165, 1.54) is 83.6 Å². The highest BCUT2D eigenvalue weighted by atomic mass is 15.2. The van der Waals surface area contributed by atoms with Gasteiger partial charge in [0.2, 0.25) is 0 Å². The van der Waals surface area contributed by atoms with E-state index in [0.717, 1.165) is 11.4 Å². The van der Waals surface area contributed by atoms with E-state index in [4.69, 9.17) is 0 Å². The highest BCUT2D eigenvalue weighted by molar-refractivity contribution is 7.00. The van der Waals surface area contributed by atoms with Gasteiger partial charge in [0.15, 0.2) is 0 Å². The monoisotopic (exact) mass is 724 g/mol. The molecule has 2 heterocycles. The Kier molecular flexibility index (Phi) is 7.96. The van der Waals surface area contributed by atoms with E-state index >= 15 is 0 Å². The van der Waals surface area contributed by atoms with Gasteiger partial charge in [-0.25, -0.2) is 0 Å². The van der Waals surface area contributed by atoms with Gasteiger partial charge in [0.05, 0.1) is 0 Å². The molecule has 0 aromatic heterocycles. The van der Waals surface area contributed by atoms with E-state index in [-0.39, 0.29) is 6.71 Å². The lowest BCUT2D eigenvalue weighted by Gasteiger charge is -2.44. The molecule has 3 heteroatoms. The fourth-order valence-corrected chi connectivity index (χ4v) is 9.07. The third-order valence-corrected chi connectivity index (χ3v) is 11.7. The number of fused-ring (bicyclic) bond motifs is 4. The van der Waals surface area contributed by atoms with E-state index in [0.29, 0.717) is 0 Å². The molecule has 2 aliphatic rings. The van der Waals surface area contributed by atoms with Crippen LogP contribution in [0, 0.1) is 0 Å². The highest BCUT2D eigenvalue weighted by Crippen LogP contribution is 2.46. The van der Waals surface area contributed by atoms with Crippen LogP contribution in [0.15, 0.2) is 224 Å². The Bertz CT molecular complexity index is 2870. The molecule has 9 aromatic carbocycles. The van der Waals surface area contributed by atoms with Gasteiger partial charge in [0, 0.05) is 34.1 Å². The van der Waals surface area contributed by atoms with Crippen LogP contribution in [0.3, 0.4) is 0 Å². The molecule has 0 aliphatic carbocycles. The average molecular weight is 725 g/mol. The van der Waals surface area contributed by atoms with Gasteiger partial charge in [0.25, 0.3) is 6.71 Å². The highest BCUT2D eigenvalue weighted by Gasteiger charge is 2.43. The number of anilines is 6. The second kappa shape index (κ2) is 13.7. The van der Waals surface area contributed by atoms with Gasteiger partial charge in [-0.3, -0.25) is 0 Å². The molecule has 0 bridgehead atoms. The third-order valence-electron chi connectivity index (χ3n) is 11.7. The van der Waals surface area contributed by atoms with E-state index in [9.17, 15) is 0 Å². The predicted octanol–water partition coefficient (Wildman–Crippen LogP) is 12.4. The number of rotatable bonds is 6. The summed E-state index contributed by atoms with van der Waals surface area (Å²) in [7, 11) is 0. The van der Waals surface area contributed by atoms with Gasteiger partial charge in [-0.1, -0.05) is 176 Å².